The van der Waals surface area contributed by atoms with Crippen LogP contribution in [-0.2, 0) is 22.5 Å². The van der Waals surface area contributed by atoms with E-state index in [9.17, 15) is 4.79 Å². The first-order chi connectivity index (χ1) is 17.6. The van der Waals surface area contributed by atoms with Crippen molar-refractivity contribution in [2.75, 3.05) is 13.2 Å². The van der Waals surface area contributed by atoms with E-state index >= 15 is 0 Å². The number of aliphatic carboxylic acids is 1. The van der Waals surface area contributed by atoms with E-state index in [0.29, 0.717) is 12.2 Å². The maximum Gasteiger partial charge on any atom is 0.307 e. The molecule has 6 nitrogen and oxygen atoms in total. The maximum atomic E-state index is 11.1. The number of rotatable bonds is 11. The van der Waals surface area contributed by atoms with Gasteiger partial charge in [-0.15, -0.1) is 0 Å². The van der Waals surface area contributed by atoms with Crippen molar-refractivity contribution in [3.63, 3.8) is 0 Å². The van der Waals surface area contributed by atoms with Crippen molar-refractivity contribution in [3.05, 3.63) is 120 Å². The molecule has 0 saturated heterocycles. The molecule has 1 heterocycles. The molecule has 0 aliphatic carbocycles. The van der Waals surface area contributed by atoms with Crippen LogP contribution < -0.4 is 4.74 Å². The molecule has 0 radical (unpaired) electrons. The molecule has 0 aliphatic rings. The Morgan fingerprint density at radius 1 is 0.833 bits per heavy atom. The normalized spacial score (nSPS) is 11.2. The van der Waals surface area contributed by atoms with E-state index in [1.807, 2.05) is 43.3 Å². The Balaban J connectivity index is 1.43. The first kappa shape index (κ1) is 24.7. The Morgan fingerprint density at radius 3 is 2.28 bits per heavy atom. The number of carboxylic acid groups (broad SMARTS) is 1. The van der Waals surface area contributed by atoms with Crippen LogP contribution in [0, 0.1) is 6.92 Å². The Labute approximate surface area is 210 Å². The molecule has 182 valence electrons. The van der Waals surface area contributed by atoms with Crippen LogP contribution in [0.25, 0.3) is 11.1 Å². The third-order valence-corrected chi connectivity index (χ3v) is 5.79. The average molecular weight is 481 g/mol. The average Bonchev–Trinajstić information content (AvgIpc) is 2.91. The molecule has 36 heavy (non-hydrogen) atoms. The van der Waals surface area contributed by atoms with Gasteiger partial charge in [-0.25, -0.2) is 0 Å². The van der Waals surface area contributed by atoms with Crippen LogP contribution in [0.3, 0.4) is 0 Å². The highest BCUT2D eigenvalue weighted by atomic mass is 16.6. The van der Waals surface area contributed by atoms with Gasteiger partial charge in [-0.05, 0) is 58.5 Å². The molecule has 0 bridgehead atoms. The molecule has 0 amide bonds. The summed E-state index contributed by atoms with van der Waals surface area (Å²) < 4.78 is 5.83. The van der Waals surface area contributed by atoms with Gasteiger partial charge in [-0.2, -0.15) is 0 Å². The topological polar surface area (TPSA) is 81.0 Å². The predicted molar refractivity (Wildman–Crippen MR) is 140 cm³/mol. The van der Waals surface area contributed by atoms with Crippen molar-refractivity contribution in [3.8, 4) is 16.9 Å². The monoisotopic (exact) mass is 480 g/mol. The zero-order chi connectivity index (χ0) is 25.2. The lowest BCUT2D eigenvalue weighted by Gasteiger charge is -2.12. The molecule has 0 aliphatic heterocycles. The summed E-state index contributed by atoms with van der Waals surface area (Å²) in [5, 5.41) is 13.5. The Hall–Kier alpha value is -4.45. The molecule has 0 saturated carbocycles. The fourth-order valence-electron chi connectivity index (χ4n) is 3.85. The van der Waals surface area contributed by atoms with Crippen molar-refractivity contribution < 1.29 is 19.5 Å². The summed E-state index contributed by atoms with van der Waals surface area (Å²) in [5.41, 5.74) is 6.72. The molecule has 4 aromatic rings. The summed E-state index contributed by atoms with van der Waals surface area (Å²) in [6.45, 7) is 2.40. The van der Waals surface area contributed by atoms with E-state index in [0.717, 1.165) is 39.1 Å². The number of hydrogen-bond donors (Lipinski definition) is 1. The standard InChI is InChI=1S/C30H28N2O4/c1-22-27(21-30(33)34)8-5-9-29(22)35-18-19-36-32-28(20-23-14-16-31-17-15-23)26-12-10-25(11-13-26)24-6-3-2-4-7-24/h2-17H,18-21H2,1H3,(H,33,34)/b32-28+. The van der Waals surface area contributed by atoms with Crippen molar-refractivity contribution in [1.29, 1.82) is 0 Å². The van der Waals surface area contributed by atoms with Crippen LogP contribution in [0.4, 0.5) is 0 Å². The van der Waals surface area contributed by atoms with Crippen LogP contribution in [0.1, 0.15) is 22.3 Å². The second-order valence-electron chi connectivity index (χ2n) is 8.31. The van der Waals surface area contributed by atoms with Gasteiger partial charge in [-0.1, -0.05) is 71.9 Å². The van der Waals surface area contributed by atoms with Crippen LogP contribution >= 0.6 is 0 Å². The summed E-state index contributed by atoms with van der Waals surface area (Å²) in [6.07, 6.45) is 4.09. The van der Waals surface area contributed by atoms with Gasteiger partial charge in [0.1, 0.15) is 12.4 Å². The first-order valence-corrected chi connectivity index (χ1v) is 11.8. The molecule has 0 unspecified atom stereocenters. The molecule has 3 aromatic carbocycles. The second kappa shape index (κ2) is 12.3. The van der Waals surface area contributed by atoms with Crippen molar-refractivity contribution in [2.45, 2.75) is 19.8 Å². The molecule has 0 spiro atoms. The summed E-state index contributed by atoms with van der Waals surface area (Å²) in [6, 6.07) is 27.9. The molecule has 0 fully saturated rings. The van der Waals surface area contributed by atoms with E-state index in [-0.39, 0.29) is 19.6 Å². The Morgan fingerprint density at radius 2 is 1.56 bits per heavy atom. The lowest BCUT2D eigenvalue weighted by molar-refractivity contribution is -0.136. The largest absolute Gasteiger partial charge is 0.490 e. The van der Waals surface area contributed by atoms with Gasteiger partial charge >= 0.3 is 5.97 Å². The van der Waals surface area contributed by atoms with Gasteiger partial charge in [0.2, 0.25) is 0 Å². The van der Waals surface area contributed by atoms with E-state index < -0.39 is 5.97 Å². The predicted octanol–water partition coefficient (Wildman–Crippen LogP) is 5.73. The summed E-state index contributed by atoms with van der Waals surface area (Å²) in [5.74, 6) is -0.221. The lowest BCUT2D eigenvalue weighted by Crippen LogP contribution is -2.10. The second-order valence-corrected chi connectivity index (χ2v) is 8.31. The van der Waals surface area contributed by atoms with Crippen LogP contribution in [0.15, 0.2) is 102 Å². The molecule has 6 heteroatoms. The van der Waals surface area contributed by atoms with E-state index in [1.165, 1.54) is 0 Å². The molecular weight excluding hydrogens is 452 g/mol. The molecule has 1 N–H and O–H groups in total. The summed E-state index contributed by atoms with van der Waals surface area (Å²) in [4.78, 5) is 20.8. The fraction of sp³-hybridized carbons (Fsp3) is 0.167. The van der Waals surface area contributed by atoms with Gasteiger partial charge in [0, 0.05) is 18.8 Å². The highest BCUT2D eigenvalue weighted by Gasteiger charge is 2.10. The van der Waals surface area contributed by atoms with Crippen molar-refractivity contribution in [1.82, 2.24) is 4.98 Å². The SMILES string of the molecule is Cc1c(CC(=O)O)cccc1OCCO/N=C(\Cc1ccncc1)c1ccc(-c2ccccc2)cc1. The summed E-state index contributed by atoms with van der Waals surface area (Å²) in [7, 11) is 0. The molecule has 1 aromatic heterocycles. The number of carboxylic acids is 1. The van der Waals surface area contributed by atoms with E-state index in [4.69, 9.17) is 14.7 Å². The van der Waals surface area contributed by atoms with Crippen molar-refractivity contribution in [2.24, 2.45) is 5.16 Å². The van der Waals surface area contributed by atoms with Crippen molar-refractivity contribution >= 4 is 11.7 Å². The molecule has 4 rings (SSSR count). The Kier molecular flexibility index (Phi) is 8.44. The number of carbonyl (C=O) groups is 1. The molecule has 0 atom stereocenters. The minimum Gasteiger partial charge on any atom is -0.490 e. The van der Waals surface area contributed by atoms with Gasteiger partial charge in [0.15, 0.2) is 6.61 Å². The Bertz CT molecular complexity index is 1300. The quantitative estimate of drug-likeness (QED) is 0.169. The minimum absolute atomic E-state index is 0.0365. The van der Waals surface area contributed by atoms with Crippen LogP contribution in [0.5, 0.6) is 5.75 Å². The zero-order valence-corrected chi connectivity index (χ0v) is 20.1. The van der Waals surface area contributed by atoms with Crippen LogP contribution in [0.2, 0.25) is 0 Å². The summed E-state index contributed by atoms with van der Waals surface area (Å²) >= 11 is 0. The van der Waals surface area contributed by atoms with Gasteiger partial charge < -0.3 is 14.7 Å². The zero-order valence-electron chi connectivity index (χ0n) is 20.1. The first-order valence-electron chi connectivity index (χ1n) is 11.8. The molecular formula is C30H28N2O4. The van der Waals surface area contributed by atoms with E-state index in [1.54, 1.807) is 24.5 Å². The third kappa shape index (κ3) is 6.79. The van der Waals surface area contributed by atoms with E-state index in [2.05, 4.69) is 46.5 Å². The smallest absolute Gasteiger partial charge is 0.307 e. The number of benzene rings is 3. The fourth-order valence-corrected chi connectivity index (χ4v) is 3.85. The highest BCUT2D eigenvalue weighted by molar-refractivity contribution is 6.01. The number of aromatic nitrogens is 1. The number of pyridine rings is 1. The van der Waals surface area contributed by atoms with Gasteiger partial charge in [0.05, 0.1) is 12.1 Å². The number of oxime groups is 1. The number of hydrogen-bond acceptors (Lipinski definition) is 5. The lowest BCUT2D eigenvalue weighted by atomic mass is 9.99. The van der Waals surface area contributed by atoms with Crippen LogP contribution in [-0.4, -0.2) is 35.0 Å². The number of nitrogens with zero attached hydrogens (tertiary/aromatic N) is 2. The maximum absolute atomic E-state index is 11.1. The highest BCUT2D eigenvalue weighted by Crippen LogP contribution is 2.22. The van der Waals surface area contributed by atoms with Gasteiger partial charge in [-0.3, -0.25) is 9.78 Å². The number of ether oxygens (including phenoxy) is 1. The van der Waals surface area contributed by atoms with Gasteiger partial charge in [0.25, 0.3) is 0 Å². The minimum atomic E-state index is -0.869. The third-order valence-electron chi connectivity index (χ3n) is 5.79.